The number of rotatable bonds is 5. The van der Waals surface area contributed by atoms with E-state index in [9.17, 15) is 4.79 Å². The maximum absolute atomic E-state index is 10.8. The minimum absolute atomic E-state index is 0.206. The molecule has 17 heavy (non-hydrogen) atoms. The lowest BCUT2D eigenvalue weighted by molar-refractivity contribution is 0.0696. The highest BCUT2D eigenvalue weighted by Gasteiger charge is 2.17. The van der Waals surface area contributed by atoms with Crippen LogP contribution in [0.1, 0.15) is 36.0 Å². The minimum atomic E-state index is -0.964. The van der Waals surface area contributed by atoms with E-state index in [1.54, 1.807) is 6.07 Å². The fraction of sp³-hybridized carbons (Fsp3) is 0.462. The van der Waals surface area contributed by atoms with Gasteiger partial charge in [0.05, 0.1) is 17.9 Å². The third-order valence-electron chi connectivity index (χ3n) is 3.27. The Bertz CT molecular complexity index is 413. The van der Waals surface area contributed by atoms with Crippen LogP contribution in [-0.2, 0) is 0 Å². The molecule has 0 spiro atoms. The Balaban J connectivity index is 1.93. The molecule has 1 fully saturated rings. The van der Waals surface area contributed by atoms with Crippen LogP contribution >= 0.6 is 0 Å². The van der Waals surface area contributed by atoms with E-state index in [1.807, 2.05) is 0 Å². The zero-order valence-corrected chi connectivity index (χ0v) is 9.69. The van der Waals surface area contributed by atoms with Crippen LogP contribution in [0, 0.1) is 5.92 Å². The summed E-state index contributed by atoms with van der Waals surface area (Å²) < 4.78 is 5.55. The lowest BCUT2D eigenvalue weighted by Gasteiger charge is -2.25. The topological polar surface area (TPSA) is 72.6 Å². The van der Waals surface area contributed by atoms with Crippen LogP contribution < -0.4 is 10.5 Å². The molecule has 1 saturated carbocycles. The molecular weight excluding hydrogens is 218 g/mol. The predicted octanol–water partition coefficient (Wildman–Crippen LogP) is 2.54. The number of benzene rings is 1. The Kier molecular flexibility index (Phi) is 3.52. The van der Waals surface area contributed by atoms with Gasteiger partial charge < -0.3 is 15.6 Å². The first-order valence-electron chi connectivity index (χ1n) is 5.92. The predicted molar refractivity (Wildman–Crippen MR) is 65.3 cm³/mol. The Morgan fingerprint density at radius 3 is 2.82 bits per heavy atom. The lowest BCUT2D eigenvalue weighted by Crippen LogP contribution is -2.14. The van der Waals surface area contributed by atoms with E-state index in [0.29, 0.717) is 18.0 Å². The summed E-state index contributed by atoms with van der Waals surface area (Å²) in [7, 11) is 0. The van der Waals surface area contributed by atoms with Crippen molar-refractivity contribution in [2.75, 3.05) is 12.3 Å². The first kappa shape index (κ1) is 11.8. The smallest absolute Gasteiger partial charge is 0.335 e. The Labute approximate surface area is 100 Å². The van der Waals surface area contributed by atoms with Crippen molar-refractivity contribution in [1.29, 1.82) is 0 Å². The first-order chi connectivity index (χ1) is 8.16. The summed E-state index contributed by atoms with van der Waals surface area (Å²) in [6, 6.07) is 4.54. The van der Waals surface area contributed by atoms with Gasteiger partial charge in [-0.3, -0.25) is 0 Å². The average Bonchev–Trinajstić information content (AvgIpc) is 2.23. The monoisotopic (exact) mass is 235 g/mol. The van der Waals surface area contributed by atoms with Gasteiger partial charge in [-0.15, -0.1) is 0 Å². The number of aromatic carboxylic acids is 1. The summed E-state index contributed by atoms with van der Waals surface area (Å²) in [5.41, 5.74) is 6.43. The molecule has 0 aromatic heterocycles. The molecule has 0 atom stereocenters. The average molecular weight is 235 g/mol. The second kappa shape index (κ2) is 5.08. The van der Waals surface area contributed by atoms with Crippen LogP contribution in [0.15, 0.2) is 18.2 Å². The highest BCUT2D eigenvalue weighted by atomic mass is 16.5. The third kappa shape index (κ3) is 2.90. The van der Waals surface area contributed by atoms with Crippen molar-refractivity contribution < 1.29 is 14.6 Å². The molecule has 1 aliphatic carbocycles. The summed E-state index contributed by atoms with van der Waals surface area (Å²) in [6.45, 7) is 0.609. The van der Waals surface area contributed by atoms with Crippen molar-refractivity contribution in [2.24, 2.45) is 5.92 Å². The number of carboxylic acid groups (broad SMARTS) is 1. The van der Waals surface area contributed by atoms with Crippen molar-refractivity contribution >= 4 is 11.7 Å². The number of hydrogen-bond donors (Lipinski definition) is 2. The first-order valence-corrected chi connectivity index (χ1v) is 5.92. The molecule has 1 aromatic rings. The number of hydrogen-bond acceptors (Lipinski definition) is 3. The number of carboxylic acids is 1. The molecule has 0 aliphatic heterocycles. The van der Waals surface area contributed by atoms with E-state index in [0.717, 1.165) is 12.3 Å². The number of carbonyl (C=O) groups is 1. The van der Waals surface area contributed by atoms with E-state index in [-0.39, 0.29) is 5.56 Å². The SMILES string of the molecule is Nc1ccc(C(=O)O)cc1OCCC1CCC1. The van der Waals surface area contributed by atoms with Gasteiger partial charge in [0.1, 0.15) is 5.75 Å². The number of nitrogen functional groups attached to an aromatic ring is 1. The molecule has 0 saturated heterocycles. The van der Waals surface area contributed by atoms with Gasteiger partial charge in [-0.05, 0) is 30.5 Å². The van der Waals surface area contributed by atoms with Crippen LogP contribution in [0.4, 0.5) is 5.69 Å². The molecule has 3 N–H and O–H groups in total. The Morgan fingerprint density at radius 2 is 2.24 bits per heavy atom. The molecule has 0 bridgehead atoms. The molecule has 1 aromatic carbocycles. The quantitative estimate of drug-likeness (QED) is 0.769. The van der Waals surface area contributed by atoms with Gasteiger partial charge >= 0.3 is 5.97 Å². The van der Waals surface area contributed by atoms with Gasteiger partial charge in [-0.2, -0.15) is 0 Å². The van der Waals surface area contributed by atoms with E-state index >= 15 is 0 Å². The van der Waals surface area contributed by atoms with E-state index in [1.165, 1.54) is 31.4 Å². The van der Waals surface area contributed by atoms with Crippen molar-refractivity contribution in [2.45, 2.75) is 25.7 Å². The zero-order valence-electron chi connectivity index (χ0n) is 9.69. The summed E-state index contributed by atoms with van der Waals surface area (Å²) in [5.74, 6) is 0.289. The van der Waals surface area contributed by atoms with Crippen LogP contribution in [0.25, 0.3) is 0 Å². The molecule has 1 aliphatic rings. The Morgan fingerprint density at radius 1 is 1.47 bits per heavy atom. The van der Waals surface area contributed by atoms with Crippen molar-refractivity contribution in [3.8, 4) is 5.75 Å². The minimum Gasteiger partial charge on any atom is -0.491 e. The van der Waals surface area contributed by atoms with Gasteiger partial charge in [0, 0.05) is 0 Å². The standard InChI is InChI=1S/C13H17NO3/c14-11-5-4-10(13(15)16)8-12(11)17-7-6-9-2-1-3-9/h4-5,8-9H,1-3,6-7,14H2,(H,15,16). The van der Waals surface area contributed by atoms with Gasteiger partial charge in [0.25, 0.3) is 0 Å². The fourth-order valence-corrected chi connectivity index (χ4v) is 1.91. The van der Waals surface area contributed by atoms with Crippen LogP contribution in [-0.4, -0.2) is 17.7 Å². The van der Waals surface area contributed by atoms with Gasteiger partial charge in [0.15, 0.2) is 0 Å². The molecule has 0 radical (unpaired) electrons. The van der Waals surface area contributed by atoms with Gasteiger partial charge in [-0.25, -0.2) is 4.79 Å². The number of nitrogens with two attached hydrogens (primary N) is 1. The molecule has 0 amide bonds. The fourth-order valence-electron chi connectivity index (χ4n) is 1.91. The highest BCUT2D eigenvalue weighted by molar-refractivity contribution is 5.89. The number of ether oxygens (including phenoxy) is 1. The van der Waals surface area contributed by atoms with Crippen molar-refractivity contribution in [1.82, 2.24) is 0 Å². The summed E-state index contributed by atoms with van der Waals surface area (Å²) in [6.07, 6.45) is 4.92. The van der Waals surface area contributed by atoms with Crippen LogP contribution in [0.3, 0.4) is 0 Å². The second-order valence-corrected chi connectivity index (χ2v) is 4.49. The number of anilines is 1. The molecule has 0 heterocycles. The summed E-state index contributed by atoms with van der Waals surface area (Å²) in [5, 5.41) is 8.86. The van der Waals surface area contributed by atoms with E-state index in [4.69, 9.17) is 15.6 Å². The van der Waals surface area contributed by atoms with E-state index < -0.39 is 5.97 Å². The van der Waals surface area contributed by atoms with Crippen molar-refractivity contribution in [3.63, 3.8) is 0 Å². The Hall–Kier alpha value is -1.71. The normalized spacial score (nSPS) is 15.3. The summed E-state index contributed by atoms with van der Waals surface area (Å²) >= 11 is 0. The molecule has 4 nitrogen and oxygen atoms in total. The van der Waals surface area contributed by atoms with Crippen molar-refractivity contribution in [3.05, 3.63) is 23.8 Å². The van der Waals surface area contributed by atoms with Crippen LogP contribution in [0.2, 0.25) is 0 Å². The zero-order chi connectivity index (χ0) is 12.3. The van der Waals surface area contributed by atoms with Crippen LogP contribution in [0.5, 0.6) is 5.75 Å². The molecule has 2 rings (SSSR count). The molecule has 4 heteroatoms. The van der Waals surface area contributed by atoms with E-state index in [2.05, 4.69) is 0 Å². The largest absolute Gasteiger partial charge is 0.491 e. The molecular formula is C13H17NO3. The molecule has 92 valence electrons. The van der Waals surface area contributed by atoms with Gasteiger partial charge in [0.2, 0.25) is 0 Å². The summed E-state index contributed by atoms with van der Waals surface area (Å²) in [4.78, 5) is 10.8. The third-order valence-corrected chi connectivity index (χ3v) is 3.27. The second-order valence-electron chi connectivity index (χ2n) is 4.49. The maximum Gasteiger partial charge on any atom is 0.335 e. The highest BCUT2D eigenvalue weighted by Crippen LogP contribution is 2.30. The van der Waals surface area contributed by atoms with Gasteiger partial charge in [-0.1, -0.05) is 19.3 Å². The molecule has 0 unspecified atom stereocenters. The maximum atomic E-state index is 10.8. The lowest BCUT2D eigenvalue weighted by atomic mass is 9.83.